The fourth-order valence-electron chi connectivity index (χ4n) is 4.11. The molecule has 2 aromatic heterocycles. The Morgan fingerprint density at radius 2 is 2.04 bits per heavy atom. The lowest BCUT2D eigenvalue weighted by molar-refractivity contribution is 0.410. The molecule has 0 radical (unpaired) electrons. The van der Waals surface area contributed by atoms with Crippen LogP contribution in [-0.4, -0.2) is 38.6 Å². The van der Waals surface area contributed by atoms with E-state index < -0.39 is 0 Å². The smallest absolute Gasteiger partial charge is 0.227 e. The maximum atomic E-state index is 6.03. The van der Waals surface area contributed by atoms with Gasteiger partial charge in [-0.3, -0.25) is 0 Å². The first-order valence-electron chi connectivity index (χ1n) is 9.46. The van der Waals surface area contributed by atoms with Gasteiger partial charge in [-0.05, 0) is 55.9 Å². The van der Waals surface area contributed by atoms with Crippen molar-refractivity contribution in [1.82, 2.24) is 19.9 Å². The summed E-state index contributed by atoms with van der Waals surface area (Å²) in [6, 6.07) is 7.10. The van der Waals surface area contributed by atoms with Gasteiger partial charge >= 0.3 is 0 Å². The summed E-state index contributed by atoms with van der Waals surface area (Å²) in [6.45, 7) is 0.891. The van der Waals surface area contributed by atoms with Crippen LogP contribution in [0.2, 0.25) is 0 Å². The second kappa shape index (κ2) is 6.76. The Kier molecular flexibility index (Phi) is 4.24. The molecule has 2 aliphatic rings. The van der Waals surface area contributed by atoms with E-state index in [1.807, 2.05) is 0 Å². The number of nitrogens with zero attached hydrogens (tertiary/aromatic N) is 4. The molecule has 0 saturated heterocycles. The lowest BCUT2D eigenvalue weighted by Crippen LogP contribution is -2.33. The van der Waals surface area contributed by atoms with Gasteiger partial charge in [-0.2, -0.15) is 9.97 Å². The third-order valence-electron chi connectivity index (χ3n) is 5.56. The summed E-state index contributed by atoms with van der Waals surface area (Å²) in [4.78, 5) is 19.4. The Hall–Kier alpha value is -2.19. The fraction of sp³-hybridized carbons (Fsp3) is 0.421. The van der Waals surface area contributed by atoms with Crippen LogP contribution in [0.3, 0.4) is 0 Å². The quantitative estimate of drug-likeness (QED) is 0.591. The molecule has 0 amide bonds. The highest BCUT2D eigenvalue weighted by Crippen LogP contribution is 2.37. The molecule has 0 atom stereocenters. The van der Waals surface area contributed by atoms with Crippen LogP contribution in [0.5, 0.6) is 0 Å². The molecule has 4 N–H and O–H groups in total. The number of nitrogens with one attached hydrogen (secondary N) is 2. The molecule has 1 fully saturated rings. The fourth-order valence-corrected chi connectivity index (χ4v) is 4.52. The summed E-state index contributed by atoms with van der Waals surface area (Å²) >= 11 is 3.57. The summed E-state index contributed by atoms with van der Waals surface area (Å²) in [5.74, 6) is 1.52. The van der Waals surface area contributed by atoms with Crippen LogP contribution < -0.4 is 16.0 Å². The first kappa shape index (κ1) is 16.9. The monoisotopic (exact) mass is 427 g/mol. The van der Waals surface area contributed by atoms with Crippen LogP contribution >= 0.6 is 15.9 Å². The minimum Gasteiger partial charge on any atom is -0.351 e. The third-order valence-corrected chi connectivity index (χ3v) is 6.05. The summed E-state index contributed by atoms with van der Waals surface area (Å²) in [5, 5.41) is 3.52. The van der Waals surface area contributed by atoms with Gasteiger partial charge in [0.05, 0.1) is 6.33 Å². The molecule has 0 spiro atoms. The highest BCUT2D eigenvalue weighted by Gasteiger charge is 2.26. The van der Waals surface area contributed by atoms with Crippen molar-refractivity contribution in [2.45, 2.75) is 44.2 Å². The van der Waals surface area contributed by atoms with Gasteiger partial charge < -0.3 is 20.9 Å². The van der Waals surface area contributed by atoms with Gasteiger partial charge in [-0.1, -0.05) is 15.9 Å². The molecule has 27 heavy (non-hydrogen) atoms. The van der Waals surface area contributed by atoms with E-state index in [4.69, 9.17) is 10.7 Å². The number of aromatic nitrogens is 4. The third kappa shape index (κ3) is 3.17. The zero-order valence-corrected chi connectivity index (χ0v) is 16.5. The number of H-pyrrole nitrogens is 1. The molecule has 1 aliphatic heterocycles. The number of anilines is 3. The maximum absolute atomic E-state index is 6.03. The number of hydrogen-bond donors (Lipinski definition) is 3. The molecule has 3 heterocycles. The minimum absolute atomic E-state index is 0.329. The molecule has 140 valence electrons. The highest BCUT2D eigenvalue weighted by molar-refractivity contribution is 9.10. The summed E-state index contributed by atoms with van der Waals surface area (Å²) in [7, 11) is 0. The predicted octanol–water partition coefficient (Wildman–Crippen LogP) is 3.49. The van der Waals surface area contributed by atoms with Crippen LogP contribution in [0, 0.1) is 0 Å². The molecule has 3 aromatic rings. The number of benzene rings is 1. The van der Waals surface area contributed by atoms with E-state index in [0.29, 0.717) is 18.0 Å². The Balaban J connectivity index is 1.50. The number of nitrogens with two attached hydrogens (primary N) is 1. The van der Waals surface area contributed by atoms with Crippen molar-refractivity contribution in [3.05, 3.63) is 34.6 Å². The normalized spacial score (nSPS) is 22.2. The molecule has 1 aromatic carbocycles. The largest absolute Gasteiger partial charge is 0.351 e. The van der Waals surface area contributed by atoms with E-state index in [0.717, 1.165) is 60.1 Å². The highest BCUT2D eigenvalue weighted by atomic mass is 79.9. The zero-order valence-electron chi connectivity index (χ0n) is 15.0. The van der Waals surface area contributed by atoms with Crippen LogP contribution in [0.1, 0.15) is 31.2 Å². The standard InChI is InChI=1S/C19H22BrN7/c20-12-1-6-15-11(9-12)7-8-27(15)18-16-17(23-10-22-16)25-19(26-18)24-14-4-2-13(21)3-5-14/h1,6,9-10,13-14H,2-5,7-8,21H2,(H2,22,23,24,25,26). The van der Waals surface area contributed by atoms with E-state index in [-0.39, 0.29) is 0 Å². The molecule has 5 rings (SSSR count). The number of imidazole rings is 1. The van der Waals surface area contributed by atoms with Gasteiger partial charge in [0.1, 0.15) is 0 Å². The van der Waals surface area contributed by atoms with Crippen LogP contribution in [0.15, 0.2) is 29.0 Å². The molecular weight excluding hydrogens is 406 g/mol. The Morgan fingerprint density at radius 3 is 2.89 bits per heavy atom. The van der Waals surface area contributed by atoms with Crippen molar-refractivity contribution < 1.29 is 0 Å². The van der Waals surface area contributed by atoms with Crippen molar-refractivity contribution in [2.24, 2.45) is 5.73 Å². The number of fused-ring (bicyclic) bond motifs is 2. The second-order valence-electron chi connectivity index (χ2n) is 7.40. The molecule has 8 heteroatoms. The number of hydrogen-bond acceptors (Lipinski definition) is 6. The molecule has 0 unspecified atom stereocenters. The SMILES string of the molecule is NC1CCC(Nc2nc(N3CCc4cc(Br)ccc43)c3nc[nH]c3n2)CC1. The minimum atomic E-state index is 0.329. The van der Waals surface area contributed by atoms with Crippen LogP contribution in [0.4, 0.5) is 17.5 Å². The number of rotatable bonds is 3. The van der Waals surface area contributed by atoms with Crippen molar-refractivity contribution in [2.75, 3.05) is 16.8 Å². The lowest BCUT2D eigenvalue weighted by atomic mass is 9.92. The van der Waals surface area contributed by atoms with Crippen molar-refractivity contribution in [3.8, 4) is 0 Å². The van der Waals surface area contributed by atoms with Gasteiger partial charge in [0.2, 0.25) is 5.95 Å². The van der Waals surface area contributed by atoms with E-state index in [2.05, 4.69) is 59.3 Å². The van der Waals surface area contributed by atoms with E-state index in [9.17, 15) is 0 Å². The Bertz CT molecular complexity index is 977. The van der Waals surface area contributed by atoms with Gasteiger partial charge in [0, 0.05) is 28.8 Å². The van der Waals surface area contributed by atoms with Gasteiger partial charge in [0.25, 0.3) is 0 Å². The average Bonchev–Trinajstić information content (AvgIpc) is 3.29. The average molecular weight is 428 g/mol. The van der Waals surface area contributed by atoms with Crippen molar-refractivity contribution in [3.63, 3.8) is 0 Å². The Morgan fingerprint density at radius 1 is 1.19 bits per heavy atom. The van der Waals surface area contributed by atoms with Crippen molar-refractivity contribution >= 4 is 44.5 Å². The molecule has 1 saturated carbocycles. The van der Waals surface area contributed by atoms with Crippen LogP contribution in [0.25, 0.3) is 11.2 Å². The first-order chi connectivity index (χ1) is 13.2. The van der Waals surface area contributed by atoms with Crippen molar-refractivity contribution in [1.29, 1.82) is 0 Å². The lowest BCUT2D eigenvalue weighted by Gasteiger charge is -2.27. The Labute approximate surface area is 165 Å². The summed E-state index contributed by atoms with van der Waals surface area (Å²) in [6.07, 6.45) is 6.89. The molecule has 7 nitrogen and oxygen atoms in total. The van der Waals surface area contributed by atoms with E-state index >= 15 is 0 Å². The maximum Gasteiger partial charge on any atom is 0.227 e. The summed E-state index contributed by atoms with van der Waals surface area (Å²) < 4.78 is 1.11. The molecular formula is C19H22BrN7. The van der Waals surface area contributed by atoms with Gasteiger partial charge in [0.15, 0.2) is 17.0 Å². The predicted molar refractivity (Wildman–Crippen MR) is 110 cm³/mol. The molecule has 0 bridgehead atoms. The second-order valence-corrected chi connectivity index (χ2v) is 8.32. The van der Waals surface area contributed by atoms with E-state index in [1.165, 1.54) is 11.3 Å². The topological polar surface area (TPSA) is 95.7 Å². The number of halogens is 1. The zero-order chi connectivity index (χ0) is 18.4. The van der Waals surface area contributed by atoms with Gasteiger partial charge in [-0.25, -0.2) is 4.98 Å². The summed E-state index contributed by atoms with van der Waals surface area (Å²) in [5.41, 5.74) is 10.1. The van der Waals surface area contributed by atoms with E-state index in [1.54, 1.807) is 6.33 Å². The van der Waals surface area contributed by atoms with Crippen LogP contribution in [-0.2, 0) is 6.42 Å². The number of aromatic amines is 1. The molecule has 1 aliphatic carbocycles. The first-order valence-corrected chi connectivity index (χ1v) is 10.3. The van der Waals surface area contributed by atoms with Gasteiger partial charge in [-0.15, -0.1) is 0 Å².